The molecule has 2 fully saturated rings. The van der Waals surface area contributed by atoms with Gasteiger partial charge in [-0.25, -0.2) is 0 Å². The highest BCUT2D eigenvalue weighted by Gasteiger charge is 2.56. The number of amides is 1. The van der Waals surface area contributed by atoms with Crippen LogP contribution in [0.5, 0.6) is 0 Å². The van der Waals surface area contributed by atoms with Crippen LogP contribution in [0.15, 0.2) is 23.8 Å². The van der Waals surface area contributed by atoms with Crippen LogP contribution in [0, 0.1) is 11.3 Å². The molecule has 162 valence electrons. The molecule has 0 radical (unpaired) electrons. The standard InChI is InChI=1S/C25H36N4O/c1-17(2)23(18(3)26)19-10-11-22-21(16-19)25(24(30)27-22,20-8-6-5-7-9-20)29-14-12-28(4)13-15-29/h10-11,16,20,26H,5-9,12-15H2,1-4H3,(H,27,30). The number of fused-ring (bicyclic) bond motifs is 1. The van der Waals surface area contributed by atoms with E-state index in [1.54, 1.807) is 0 Å². The average molecular weight is 409 g/mol. The molecule has 1 amide bonds. The molecule has 1 saturated heterocycles. The Kier molecular flexibility index (Phi) is 5.86. The van der Waals surface area contributed by atoms with Crippen LogP contribution in [-0.2, 0) is 10.3 Å². The van der Waals surface area contributed by atoms with Gasteiger partial charge in [0.1, 0.15) is 5.54 Å². The Bertz CT molecular complexity index is 871. The van der Waals surface area contributed by atoms with E-state index in [1.165, 1.54) is 19.3 Å². The maximum Gasteiger partial charge on any atom is 0.249 e. The summed E-state index contributed by atoms with van der Waals surface area (Å²) in [6.45, 7) is 9.82. The zero-order valence-corrected chi connectivity index (χ0v) is 19.0. The molecule has 5 heteroatoms. The van der Waals surface area contributed by atoms with Crippen molar-refractivity contribution < 1.29 is 4.79 Å². The third-order valence-electron chi connectivity index (χ3n) is 7.39. The van der Waals surface area contributed by atoms with Gasteiger partial charge in [-0.3, -0.25) is 9.69 Å². The smallest absolute Gasteiger partial charge is 0.249 e. The monoisotopic (exact) mass is 408 g/mol. The molecule has 4 rings (SSSR count). The minimum absolute atomic E-state index is 0.163. The summed E-state index contributed by atoms with van der Waals surface area (Å²) in [7, 11) is 2.17. The lowest BCUT2D eigenvalue weighted by Gasteiger charge is -2.49. The number of anilines is 1. The van der Waals surface area contributed by atoms with Gasteiger partial charge in [0.25, 0.3) is 0 Å². The maximum atomic E-state index is 13.8. The second kappa shape index (κ2) is 8.27. The van der Waals surface area contributed by atoms with Gasteiger partial charge < -0.3 is 15.6 Å². The first kappa shape index (κ1) is 21.3. The fourth-order valence-corrected chi connectivity index (χ4v) is 6.00. The van der Waals surface area contributed by atoms with Crippen LogP contribution in [0.25, 0.3) is 5.57 Å². The summed E-state index contributed by atoms with van der Waals surface area (Å²) in [4.78, 5) is 18.6. The summed E-state index contributed by atoms with van der Waals surface area (Å²) in [6.07, 6.45) is 5.92. The van der Waals surface area contributed by atoms with Crippen molar-refractivity contribution in [1.29, 1.82) is 5.41 Å². The average Bonchev–Trinajstić information content (AvgIpc) is 3.01. The molecule has 1 unspecified atom stereocenters. The fourth-order valence-electron chi connectivity index (χ4n) is 6.00. The first-order chi connectivity index (χ1) is 14.4. The number of piperazine rings is 1. The van der Waals surface area contributed by atoms with Gasteiger partial charge in [0.05, 0.1) is 0 Å². The molecule has 0 spiro atoms. The molecule has 1 aromatic carbocycles. The van der Waals surface area contributed by atoms with Crippen LogP contribution in [0.2, 0.25) is 0 Å². The summed E-state index contributed by atoms with van der Waals surface area (Å²) < 4.78 is 0. The fraction of sp³-hybridized carbons (Fsp3) is 0.600. The van der Waals surface area contributed by atoms with Crippen LogP contribution in [0.4, 0.5) is 5.69 Å². The van der Waals surface area contributed by atoms with Gasteiger partial charge in [0.15, 0.2) is 0 Å². The SMILES string of the molecule is CC(=N)C(=C(C)C)c1ccc2c(c1)C(C1CCCCC1)(N1CCN(C)CC1)C(=O)N2. The van der Waals surface area contributed by atoms with Gasteiger partial charge in [-0.1, -0.05) is 30.9 Å². The van der Waals surface area contributed by atoms with Gasteiger partial charge in [-0.15, -0.1) is 0 Å². The number of allylic oxidation sites excluding steroid dienone is 2. The summed E-state index contributed by atoms with van der Waals surface area (Å²) in [5.41, 5.74) is 5.30. The zero-order valence-electron chi connectivity index (χ0n) is 19.0. The molecule has 1 aromatic rings. The quantitative estimate of drug-likeness (QED) is 0.722. The van der Waals surface area contributed by atoms with Gasteiger partial charge in [-0.2, -0.15) is 0 Å². The Labute approximate surface area is 181 Å². The van der Waals surface area contributed by atoms with Crippen molar-refractivity contribution in [2.24, 2.45) is 5.92 Å². The van der Waals surface area contributed by atoms with E-state index >= 15 is 0 Å². The second-order valence-corrected chi connectivity index (χ2v) is 9.61. The van der Waals surface area contributed by atoms with E-state index < -0.39 is 5.54 Å². The Morgan fingerprint density at radius 3 is 2.33 bits per heavy atom. The number of carbonyl (C=O) groups excluding carboxylic acids is 1. The normalized spacial score (nSPS) is 25.7. The molecular formula is C25H36N4O. The molecule has 3 aliphatic rings. The lowest BCUT2D eigenvalue weighted by atomic mass is 9.69. The number of hydrogen-bond donors (Lipinski definition) is 2. The number of rotatable bonds is 4. The number of likely N-dealkylation sites (N-methyl/N-ethyl adjacent to an activating group) is 1. The van der Waals surface area contributed by atoms with E-state index in [2.05, 4.69) is 54.2 Å². The van der Waals surface area contributed by atoms with Crippen molar-refractivity contribution in [2.75, 3.05) is 38.5 Å². The minimum atomic E-state index is -0.574. The van der Waals surface area contributed by atoms with Crippen LogP contribution >= 0.6 is 0 Å². The Balaban J connectivity index is 1.87. The molecule has 5 nitrogen and oxygen atoms in total. The van der Waals surface area contributed by atoms with Gasteiger partial charge in [-0.05, 0) is 64.3 Å². The molecule has 0 aromatic heterocycles. The van der Waals surface area contributed by atoms with Crippen LogP contribution in [-0.4, -0.2) is 54.6 Å². The molecule has 1 aliphatic carbocycles. The first-order valence-electron chi connectivity index (χ1n) is 11.5. The van der Waals surface area contributed by atoms with E-state index in [-0.39, 0.29) is 5.91 Å². The summed E-state index contributed by atoms with van der Waals surface area (Å²) in [6, 6.07) is 6.36. The molecule has 2 aliphatic heterocycles. The summed E-state index contributed by atoms with van der Waals surface area (Å²) in [5, 5.41) is 11.6. The van der Waals surface area contributed by atoms with Gasteiger partial charge >= 0.3 is 0 Å². The third kappa shape index (κ3) is 3.42. The second-order valence-electron chi connectivity index (χ2n) is 9.61. The lowest BCUT2D eigenvalue weighted by Crippen LogP contribution is -2.61. The number of benzene rings is 1. The molecule has 30 heavy (non-hydrogen) atoms. The summed E-state index contributed by atoms with van der Waals surface area (Å²) >= 11 is 0. The van der Waals surface area contributed by atoms with Crippen molar-refractivity contribution in [3.63, 3.8) is 0 Å². The lowest BCUT2D eigenvalue weighted by molar-refractivity contribution is -0.135. The molecule has 2 N–H and O–H groups in total. The van der Waals surface area contributed by atoms with Crippen molar-refractivity contribution in [1.82, 2.24) is 9.80 Å². The molecule has 0 bridgehead atoms. The maximum absolute atomic E-state index is 13.8. The topological polar surface area (TPSA) is 59.4 Å². The highest BCUT2D eigenvalue weighted by atomic mass is 16.2. The molecular weight excluding hydrogens is 372 g/mol. The third-order valence-corrected chi connectivity index (χ3v) is 7.39. The van der Waals surface area contributed by atoms with Crippen molar-refractivity contribution in [2.45, 2.75) is 58.4 Å². The van der Waals surface area contributed by atoms with E-state index in [1.807, 2.05) is 6.92 Å². The number of nitrogens with zero attached hydrogens (tertiary/aromatic N) is 2. The Morgan fingerprint density at radius 2 is 1.73 bits per heavy atom. The zero-order chi connectivity index (χ0) is 21.5. The van der Waals surface area contributed by atoms with Crippen molar-refractivity contribution >= 4 is 22.9 Å². The molecule has 1 saturated carbocycles. The van der Waals surface area contributed by atoms with Crippen molar-refractivity contribution in [3.8, 4) is 0 Å². The van der Waals surface area contributed by atoms with Crippen molar-refractivity contribution in [3.05, 3.63) is 34.9 Å². The molecule has 2 heterocycles. The predicted octanol–water partition coefficient (Wildman–Crippen LogP) is 4.49. The number of hydrogen-bond acceptors (Lipinski definition) is 4. The Morgan fingerprint density at radius 1 is 1.07 bits per heavy atom. The largest absolute Gasteiger partial charge is 0.324 e. The molecule has 1 atom stereocenters. The predicted molar refractivity (Wildman–Crippen MR) is 124 cm³/mol. The Hall–Kier alpha value is -1.98. The van der Waals surface area contributed by atoms with Crippen LogP contribution < -0.4 is 5.32 Å². The van der Waals surface area contributed by atoms with Crippen LogP contribution in [0.1, 0.15) is 64.0 Å². The van der Waals surface area contributed by atoms with Gasteiger partial charge in [0.2, 0.25) is 5.91 Å². The highest BCUT2D eigenvalue weighted by Crippen LogP contribution is 2.51. The number of nitrogens with one attached hydrogen (secondary N) is 2. The van der Waals surface area contributed by atoms with E-state index in [4.69, 9.17) is 5.41 Å². The highest BCUT2D eigenvalue weighted by molar-refractivity contribution is 6.22. The van der Waals surface area contributed by atoms with E-state index in [0.717, 1.165) is 67.0 Å². The van der Waals surface area contributed by atoms with Gasteiger partial charge in [0, 0.05) is 48.7 Å². The van der Waals surface area contributed by atoms with E-state index in [0.29, 0.717) is 11.6 Å². The van der Waals surface area contributed by atoms with E-state index in [9.17, 15) is 4.79 Å². The van der Waals surface area contributed by atoms with Crippen LogP contribution in [0.3, 0.4) is 0 Å². The number of carbonyl (C=O) groups is 1. The minimum Gasteiger partial charge on any atom is -0.324 e. The summed E-state index contributed by atoms with van der Waals surface area (Å²) in [5.74, 6) is 0.513. The first-order valence-corrected chi connectivity index (χ1v) is 11.5.